The Kier molecular flexibility index (Phi) is 3.82. The number of rotatable bonds is 4. The minimum Gasteiger partial charge on any atom is -0.361 e. The number of carbonyl (C=O) groups is 4. The summed E-state index contributed by atoms with van der Waals surface area (Å²) in [6.07, 6.45) is 1.21. The van der Waals surface area contributed by atoms with Crippen LogP contribution in [0.5, 0.6) is 0 Å². The summed E-state index contributed by atoms with van der Waals surface area (Å²) in [5.74, 6) is -2.73. The first kappa shape index (κ1) is 15.4. The van der Waals surface area contributed by atoms with Crippen LogP contribution in [0.25, 0.3) is 0 Å². The van der Waals surface area contributed by atoms with Crippen molar-refractivity contribution in [1.29, 1.82) is 0 Å². The van der Waals surface area contributed by atoms with E-state index in [1.54, 1.807) is 19.1 Å². The van der Waals surface area contributed by atoms with E-state index in [2.05, 4.69) is 10.5 Å². The lowest BCUT2D eigenvalue weighted by Gasteiger charge is -2.12. The van der Waals surface area contributed by atoms with Crippen LogP contribution in [0.15, 0.2) is 35.0 Å². The standard InChI is InChI=1S/C15H11N3O6/c1-8-11(6-17-23-8)13(20)16-7-12(19)24-18-14(21)9-4-2-3-5-10(9)15(18)22/h2-6H,7H2,1H3,(H,16,20). The van der Waals surface area contributed by atoms with E-state index in [9.17, 15) is 19.2 Å². The highest BCUT2D eigenvalue weighted by atomic mass is 16.7. The molecule has 2 aromatic rings. The molecule has 0 bridgehead atoms. The Morgan fingerprint density at radius 2 is 1.83 bits per heavy atom. The van der Waals surface area contributed by atoms with Crippen molar-refractivity contribution in [3.05, 3.63) is 52.9 Å². The van der Waals surface area contributed by atoms with Crippen LogP contribution in [-0.4, -0.2) is 40.5 Å². The van der Waals surface area contributed by atoms with Crippen LogP contribution < -0.4 is 5.32 Å². The first-order chi connectivity index (χ1) is 11.5. The zero-order valence-electron chi connectivity index (χ0n) is 12.4. The van der Waals surface area contributed by atoms with Crippen molar-refractivity contribution >= 4 is 23.7 Å². The highest BCUT2D eigenvalue weighted by Crippen LogP contribution is 2.22. The fourth-order valence-corrected chi connectivity index (χ4v) is 2.15. The van der Waals surface area contributed by atoms with E-state index in [1.807, 2.05) is 0 Å². The predicted octanol–water partition coefficient (Wildman–Crippen LogP) is 0.467. The molecule has 0 saturated carbocycles. The molecule has 0 radical (unpaired) electrons. The van der Waals surface area contributed by atoms with Crippen molar-refractivity contribution in [2.45, 2.75) is 6.92 Å². The molecule has 9 heteroatoms. The first-order valence-corrected chi connectivity index (χ1v) is 6.87. The highest BCUT2D eigenvalue weighted by molar-refractivity contribution is 6.20. The number of fused-ring (bicyclic) bond motifs is 1. The molecule has 1 N–H and O–H groups in total. The number of nitrogens with one attached hydrogen (secondary N) is 1. The largest absolute Gasteiger partial charge is 0.361 e. The predicted molar refractivity (Wildman–Crippen MR) is 76.6 cm³/mol. The summed E-state index contributed by atoms with van der Waals surface area (Å²) in [5.41, 5.74) is 0.474. The number of nitrogens with zero attached hydrogens (tertiary/aromatic N) is 2. The Morgan fingerprint density at radius 3 is 2.38 bits per heavy atom. The number of aryl methyl sites for hydroxylation is 1. The van der Waals surface area contributed by atoms with Gasteiger partial charge in [-0.15, -0.1) is 0 Å². The number of imide groups is 1. The Labute approximate surface area is 135 Å². The molecule has 0 saturated heterocycles. The number of benzene rings is 1. The second kappa shape index (κ2) is 5.95. The normalized spacial score (nSPS) is 13.0. The molecule has 0 spiro atoms. The molecule has 1 aromatic carbocycles. The molecule has 1 aliphatic heterocycles. The van der Waals surface area contributed by atoms with Crippen molar-refractivity contribution in [2.24, 2.45) is 0 Å². The van der Waals surface area contributed by atoms with E-state index in [4.69, 9.17) is 9.36 Å². The Morgan fingerprint density at radius 1 is 1.21 bits per heavy atom. The van der Waals surface area contributed by atoms with Crippen molar-refractivity contribution < 1.29 is 28.5 Å². The number of amides is 3. The summed E-state index contributed by atoms with van der Waals surface area (Å²) in [6, 6.07) is 6.10. The average Bonchev–Trinajstić information content (AvgIpc) is 3.11. The molecule has 0 fully saturated rings. The van der Waals surface area contributed by atoms with Gasteiger partial charge in [-0.05, 0) is 19.1 Å². The maximum Gasteiger partial charge on any atom is 0.352 e. The average molecular weight is 329 g/mol. The van der Waals surface area contributed by atoms with Crippen LogP contribution >= 0.6 is 0 Å². The van der Waals surface area contributed by atoms with Crippen molar-refractivity contribution in [1.82, 2.24) is 15.5 Å². The molecular formula is C15H11N3O6. The lowest BCUT2D eigenvalue weighted by molar-refractivity contribution is -0.167. The van der Waals surface area contributed by atoms with E-state index in [0.717, 1.165) is 0 Å². The van der Waals surface area contributed by atoms with Gasteiger partial charge in [-0.3, -0.25) is 14.4 Å². The van der Waals surface area contributed by atoms with Crippen molar-refractivity contribution in [3.63, 3.8) is 0 Å². The van der Waals surface area contributed by atoms with E-state index in [-0.39, 0.29) is 16.7 Å². The fourth-order valence-electron chi connectivity index (χ4n) is 2.15. The number of carbonyl (C=O) groups excluding carboxylic acids is 4. The van der Waals surface area contributed by atoms with Crippen LogP contribution in [0.2, 0.25) is 0 Å². The maximum atomic E-state index is 12.0. The van der Waals surface area contributed by atoms with Gasteiger partial charge >= 0.3 is 5.97 Å². The van der Waals surface area contributed by atoms with Crippen LogP contribution in [-0.2, 0) is 9.63 Å². The lowest BCUT2D eigenvalue weighted by Crippen LogP contribution is -2.38. The molecule has 0 aliphatic carbocycles. The Balaban J connectivity index is 1.60. The molecular weight excluding hydrogens is 318 g/mol. The maximum absolute atomic E-state index is 12.0. The van der Waals surface area contributed by atoms with Crippen LogP contribution in [0, 0.1) is 6.92 Å². The Bertz CT molecular complexity index is 821. The number of aromatic nitrogens is 1. The molecule has 0 unspecified atom stereocenters. The minimum absolute atomic E-state index is 0.152. The number of hydrogen-bond donors (Lipinski definition) is 1. The summed E-state index contributed by atoms with van der Waals surface area (Å²) >= 11 is 0. The highest BCUT2D eigenvalue weighted by Gasteiger charge is 2.38. The summed E-state index contributed by atoms with van der Waals surface area (Å²) in [4.78, 5) is 52.4. The lowest BCUT2D eigenvalue weighted by atomic mass is 10.1. The van der Waals surface area contributed by atoms with Gasteiger partial charge in [-0.1, -0.05) is 22.4 Å². The summed E-state index contributed by atoms with van der Waals surface area (Å²) in [5, 5.41) is 6.11. The van der Waals surface area contributed by atoms with Gasteiger partial charge < -0.3 is 14.7 Å². The van der Waals surface area contributed by atoms with Gasteiger partial charge in [0, 0.05) is 0 Å². The molecule has 3 amide bonds. The zero-order chi connectivity index (χ0) is 17.3. The second-order valence-corrected chi connectivity index (χ2v) is 4.89. The van der Waals surface area contributed by atoms with Crippen LogP contribution in [0.4, 0.5) is 0 Å². The SMILES string of the molecule is Cc1oncc1C(=O)NCC(=O)ON1C(=O)c2ccccc2C1=O. The van der Waals surface area contributed by atoms with Crippen LogP contribution in [0.1, 0.15) is 36.8 Å². The van der Waals surface area contributed by atoms with E-state index >= 15 is 0 Å². The monoisotopic (exact) mass is 329 g/mol. The van der Waals surface area contributed by atoms with Gasteiger partial charge in [0.25, 0.3) is 17.7 Å². The molecule has 122 valence electrons. The first-order valence-electron chi connectivity index (χ1n) is 6.87. The molecule has 3 rings (SSSR count). The van der Waals surface area contributed by atoms with E-state index in [0.29, 0.717) is 10.8 Å². The third-order valence-electron chi connectivity index (χ3n) is 3.34. The molecule has 1 aliphatic rings. The number of hydrogen-bond acceptors (Lipinski definition) is 7. The topological polar surface area (TPSA) is 119 Å². The smallest absolute Gasteiger partial charge is 0.352 e. The van der Waals surface area contributed by atoms with Crippen molar-refractivity contribution in [3.8, 4) is 0 Å². The van der Waals surface area contributed by atoms with Gasteiger partial charge in [-0.25, -0.2) is 4.79 Å². The molecule has 9 nitrogen and oxygen atoms in total. The van der Waals surface area contributed by atoms with E-state index < -0.39 is 30.2 Å². The summed E-state index contributed by atoms with van der Waals surface area (Å²) in [6.45, 7) is 1.01. The van der Waals surface area contributed by atoms with Gasteiger partial charge in [0.2, 0.25) is 0 Å². The van der Waals surface area contributed by atoms with Crippen LogP contribution in [0.3, 0.4) is 0 Å². The third-order valence-corrected chi connectivity index (χ3v) is 3.34. The summed E-state index contributed by atoms with van der Waals surface area (Å²) < 4.78 is 4.74. The number of hydroxylamine groups is 2. The molecule has 0 atom stereocenters. The minimum atomic E-state index is -0.966. The van der Waals surface area contributed by atoms with Gasteiger partial charge in [0.15, 0.2) is 0 Å². The van der Waals surface area contributed by atoms with Gasteiger partial charge in [0.05, 0.1) is 17.3 Å². The Hall–Kier alpha value is -3.49. The third kappa shape index (κ3) is 2.62. The molecule has 1 aromatic heterocycles. The molecule has 24 heavy (non-hydrogen) atoms. The second-order valence-electron chi connectivity index (χ2n) is 4.89. The quantitative estimate of drug-likeness (QED) is 0.810. The van der Waals surface area contributed by atoms with Gasteiger partial charge in [0.1, 0.15) is 17.9 Å². The summed E-state index contributed by atoms with van der Waals surface area (Å²) in [7, 11) is 0. The van der Waals surface area contributed by atoms with Gasteiger partial charge in [-0.2, -0.15) is 0 Å². The van der Waals surface area contributed by atoms with E-state index in [1.165, 1.54) is 18.3 Å². The zero-order valence-corrected chi connectivity index (χ0v) is 12.4. The van der Waals surface area contributed by atoms with Crippen molar-refractivity contribution in [2.75, 3.05) is 6.54 Å². The molecule has 2 heterocycles. The fraction of sp³-hybridized carbons (Fsp3) is 0.133.